The molecule has 0 aliphatic carbocycles. The number of fused-ring (bicyclic) bond motifs is 1. The average molecular weight is 399 g/mol. The van der Waals surface area contributed by atoms with Gasteiger partial charge in [0.15, 0.2) is 0 Å². The molecule has 1 unspecified atom stereocenters. The summed E-state index contributed by atoms with van der Waals surface area (Å²) in [4.78, 5) is 15.2. The molecule has 1 aliphatic heterocycles. The van der Waals surface area contributed by atoms with E-state index >= 15 is 0 Å². The molecule has 0 spiro atoms. The van der Waals surface area contributed by atoms with Crippen LogP contribution in [0.4, 0.5) is 5.69 Å². The fraction of sp³-hybridized carbons (Fsp3) is 0.296. The number of para-hydroxylation sites is 1. The monoisotopic (exact) mass is 398 g/mol. The van der Waals surface area contributed by atoms with Crippen molar-refractivity contribution in [2.45, 2.75) is 45.7 Å². The van der Waals surface area contributed by atoms with Crippen LogP contribution in [-0.2, 0) is 13.0 Å². The SMILES string of the molecule is CCC(NC(=O)c1ccc(CN2CCCc3ccccc32)cc1)c1ccc(C)cc1. The van der Waals surface area contributed by atoms with Crippen molar-refractivity contribution in [2.24, 2.45) is 0 Å². The van der Waals surface area contributed by atoms with Gasteiger partial charge < -0.3 is 10.2 Å². The maximum Gasteiger partial charge on any atom is 0.251 e. The second kappa shape index (κ2) is 9.17. The largest absolute Gasteiger partial charge is 0.367 e. The molecule has 4 rings (SSSR count). The van der Waals surface area contributed by atoms with Gasteiger partial charge in [-0.1, -0.05) is 67.1 Å². The normalized spacial score (nSPS) is 14.1. The van der Waals surface area contributed by atoms with Crippen molar-refractivity contribution in [1.29, 1.82) is 0 Å². The van der Waals surface area contributed by atoms with Crippen LogP contribution in [0, 0.1) is 6.92 Å². The Morgan fingerprint density at radius 2 is 1.73 bits per heavy atom. The van der Waals surface area contributed by atoms with E-state index in [1.807, 2.05) is 12.1 Å². The smallest absolute Gasteiger partial charge is 0.251 e. The van der Waals surface area contributed by atoms with Crippen LogP contribution in [-0.4, -0.2) is 12.5 Å². The highest BCUT2D eigenvalue weighted by molar-refractivity contribution is 5.94. The van der Waals surface area contributed by atoms with Gasteiger partial charge in [-0.05, 0) is 61.1 Å². The number of carbonyl (C=O) groups excluding carboxylic acids is 1. The van der Waals surface area contributed by atoms with Crippen molar-refractivity contribution in [3.05, 3.63) is 101 Å². The highest BCUT2D eigenvalue weighted by Gasteiger charge is 2.17. The Balaban J connectivity index is 1.42. The van der Waals surface area contributed by atoms with Gasteiger partial charge in [-0.3, -0.25) is 4.79 Å². The third-order valence-corrected chi connectivity index (χ3v) is 5.99. The Kier molecular flexibility index (Phi) is 6.18. The van der Waals surface area contributed by atoms with Crippen molar-refractivity contribution in [2.75, 3.05) is 11.4 Å². The van der Waals surface area contributed by atoms with Crippen LogP contribution in [0.1, 0.15) is 58.4 Å². The molecule has 1 atom stereocenters. The van der Waals surface area contributed by atoms with E-state index in [0.29, 0.717) is 5.56 Å². The predicted octanol–water partition coefficient (Wildman–Crippen LogP) is 5.83. The van der Waals surface area contributed by atoms with Gasteiger partial charge in [0, 0.05) is 24.3 Å². The lowest BCUT2D eigenvalue weighted by atomic mass is 10.0. The maximum absolute atomic E-state index is 12.8. The zero-order valence-corrected chi connectivity index (χ0v) is 17.9. The molecule has 154 valence electrons. The Hall–Kier alpha value is -3.07. The summed E-state index contributed by atoms with van der Waals surface area (Å²) in [6.07, 6.45) is 3.21. The summed E-state index contributed by atoms with van der Waals surface area (Å²) >= 11 is 0. The number of rotatable bonds is 6. The van der Waals surface area contributed by atoms with Gasteiger partial charge in [-0.2, -0.15) is 0 Å². The lowest BCUT2D eigenvalue weighted by molar-refractivity contribution is 0.0935. The van der Waals surface area contributed by atoms with E-state index < -0.39 is 0 Å². The molecule has 3 nitrogen and oxygen atoms in total. The maximum atomic E-state index is 12.8. The quantitative estimate of drug-likeness (QED) is 0.567. The molecule has 1 aliphatic rings. The molecule has 1 heterocycles. The first kappa shape index (κ1) is 20.2. The first-order valence-corrected chi connectivity index (χ1v) is 10.9. The minimum Gasteiger partial charge on any atom is -0.367 e. The molecule has 3 aromatic rings. The van der Waals surface area contributed by atoms with E-state index in [1.54, 1.807) is 0 Å². The molecule has 3 aromatic carbocycles. The topological polar surface area (TPSA) is 32.3 Å². The number of nitrogens with zero attached hydrogens (tertiary/aromatic N) is 1. The molecule has 0 saturated heterocycles. The van der Waals surface area contributed by atoms with Crippen molar-refractivity contribution in [3.8, 4) is 0 Å². The van der Waals surface area contributed by atoms with Gasteiger partial charge in [0.1, 0.15) is 0 Å². The number of carbonyl (C=O) groups is 1. The second-order valence-electron chi connectivity index (χ2n) is 8.20. The minimum absolute atomic E-state index is 0.0164. The van der Waals surface area contributed by atoms with E-state index in [1.165, 1.54) is 28.8 Å². The molecule has 0 bridgehead atoms. The van der Waals surface area contributed by atoms with Gasteiger partial charge in [-0.15, -0.1) is 0 Å². The van der Waals surface area contributed by atoms with Crippen LogP contribution in [0.15, 0.2) is 72.8 Å². The summed E-state index contributed by atoms with van der Waals surface area (Å²) in [6, 6.07) is 25.2. The number of amides is 1. The van der Waals surface area contributed by atoms with Crippen molar-refractivity contribution in [1.82, 2.24) is 5.32 Å². The Labute approximate surface area is 179 Å². The summed E-state index contributed by atoms with van der Waals surface area (Å²) in [5, 5.41) is 3.18. The van der Waals surface area contributed by atoms with Gasteiger partial charge in [-0.25, -0.2) is 0 Å². The van der Waals surface area contributed by atoms with Crippen LogP contribution in [0.25, 0.3) is 0 Å². The minimum atomic E-state index is -0.0164. The molecular formula is C27H30N2O. The zero-order valence-electron chi connectivity index (χ0n) is 17.9. The molecule has 0 fully saturated rings. The molecule has 1 N–H and O–H groups in total. The van der Waals surface area contributed by atoms with Gasteiger partial charge in [0.25, 0.3) is 5.91 Å². The van der Waals surface area contributed by atoms with Gasteiger partial charge in [0.05, 0.1) is 6.04 Å². The van der Waals surface area contributed by atoms with Crippen molar-refractivity contribution in [3.63, 3.8) is 0 Å². The molecule has 0 saturated carbocycles. The number of anilines is 1. The first-order valence-electron chi connectivity index (χ1n) is 10.9. The molecular weight excluding hydrogens is 368 g/mol. The van der Waals surface area contributed by atoms with Crippen LogP contribution < -0.4 is 10.2 Å². The highest BCUT2D eigenvalue weighted by atomic mass is 16.1. The van der Waals surface area contributed by atoms with Crippen LogP contribution in [0.5, 0.6) is 0 Å². The highest BCUT2D eigenvalue weighted by Crippen LogP contribution is 2.28. The third-order valence-electron chi connectivity index (χ3n) is 5.99. The summed E-state index contributed by atoms with van der Waals surface area (Å²) in [5.41, 5.74) is 7.09. The molecule has 30 heavy (non-hydrogen) atoms. The summed E-state index contributed by atoms with van der Waals surface area (Å²) in [7, 11) is 0. The number of nitrogens with one attached hydrogen (secondary N) is 1. The Morgan fingerprint density at radius 3 is 2.47 bits per heavy atom. The summed E-state index contributed by atoms with van der Waals surface area (Å²) < 4.78 is 0. The number of hydrogen-bond acceptors (Lipinski definition) is 2. The van der Waals surface area contributed by atoms with E-state index in [9.17, 15) is 4.79 Å². The van der Waals surface area contributed by atoms with Crippen LogP contribution in [0.2, 0.25) is 0 Å². The van der Waals surface area contributed by atoms with E-state index in [-0.39, 0.29) is 11.9 Å². The van der Waals surface area contributed by atoms with Crippen LogP contribution >= 0.6 is 0 Å². The Morgan fingerprint density at radius 1 is 1.00 bits per heavy atom. The number of benzene rings is 3. The lowest BCUT2D eigenvalue weighted by Gasteiger charge is -2.31. The fourth-order valence-corrected chi connectivity index (χ4v) is 4.22. The predicted molar refractivity (Wildman–Crippen MR) is 124 cm³/mol. The van der Waals surface area contributed by atoms with Crippen molar-refractivity contribution < 1.29 is 4.79 Å². The number of aryl methyl sites for hydroxylation is 2. The van der Waals surface area contributed by atoms with Crippen LogP contribution in [0.3, 0.4) is 0 Å². The summed E-state index contributed by atoms with van der Waals surface area (Å²) in [6.45, 7) is 6.13. The fourth-order valence-electron chi connectivity index (χ4n) is 4.22. The average Bonchev–Trinajstić information content (AvgIpc) is 2.79. The van der Waals surface area contributed by atoms with E-state index in [0.717, 1.165) is 31.5 Å². The zero-order chi connectivity index (χ0) is 20.9. The first-order chi connectivity index (χ1) is 14.6. The molecule has 0 radical (unpaired) electrons. The second-order valence-corrected chi connectivity index (χ2v) is 8.20. The standard InChI is InChI=1S/C27H30N2O/c1-3-25(22-14-10-20(2)11-15-22)28-27(30)24-16-12-21(13-17-24)19-29-18-6-8-23-7-4-5-9-26(23)29/h4-5,7,9-17,25H,3,6,8,18-19H2,1-2H3,(H,28,30). The summed E-state index contributed by atoms with van der Waals surface area (Å²) in [5.74, 6) is -0.0164. The Bertz CT molecular complexity index is 992. The number of hydrogen-bond donors (Lipinski definition) is 1. The molecule has 0 aromatic heterocycles. The van der Waals surface area contributed by atoms with E-state index in [2.05, 4.69) is 84.7 Å². The molecule has 3 heteroatoms. The van der Waals surface area contributed by atoms with Gasteiger partial charge in [0.2, 0.25) is 0 Å². The van der Waals surface area contributed by atoms with Crippen molar-refractivity contribution >= 4 is 11.6 Å². The molecule has 1 amide bonds. The lowest BCUT2D eigenvalue weighted by Crippen LogP contribution is -2.29. The van der Waals surface area contributed by atoms with E-state index in [4.69, 9.17) is 0 Å². The van der Waals surface area contributed by atoms with Gasteiger partial charge >= 0.3 is 0 Å². The third kappa shape index (κ3) is 4.56.